The molecule has 1 N–H and O–H groups in total. The average molecular weight is 285 g/mol. The van der Waals surface area contributed by atoms with Crippen LogP contribution in [0.2, 0.25) is 0 Å². The molecule has 0 aliphatic rings. The molecule has 0 fully saturated rings. The highest BCUT2D eigenvalue weighted by Gasteiger charge is 2.24. The Bertz CT molecular complexity index is 418. The molecular weight excluding hydrogens is 266 g/mol. The minimum Gasteiger partial charge on any atom is -0.479 e. The van der Waals surface area contributed by atoms with Gasteiger partial charge in [0.05, 0.1) is 6.54 Å². The zero-order valence-corrected chi connectivity index (χ0v) is 12.1. The van der Waals surface area contributed by atoms with Crippen LogP contribution in [0.15, 0.2) is 17.5 Å². The number of ether oxygens (including phenoxy) is 1. The number of carbonyl (C=O) groups is 2. The summed E-state index contributed by atoms with van der Waals surface area (Å²) in [7, 11) is 0. The Balaban J connectivity index is 2.60. The lowest BCUT2D eigenvalue weighted by atomic mass is 10.3. The van der Waals surface area contributed by atoms with E-state index in [4.69, 9.17) is 9.84 Å². The quantitative estimate of drug-likeness (QED) is 0.832. The van der Waals surface area contributed by atoms with Crippen LogP contribution in [0.25, 0.3) is 0 Å². The molecule has 5 nitrogen and oxygen atoms in total. The van der Waals surface area contributed by atoms with E-state index in [2.05, 4.69) is 0 Å². The molecule has 1 aromatic heterocycles. The van der Waals surface area contributed by atoms with Gasteiger partial charge in [-0.1, -0.05) is 6.07 Å². The highest BCUT2D eigenvalue weighted by atomic mass is 32.1. The zero-order valence-electron chi connectivity index (χ0n) is 11.3. The largest absolute Gasteiger partial charge is 0.479 e. The van der Waals surface area contributed by atoms with Crippen molar-refractivity contribution < 1.29 is 19.4 Å². The third-order valence-corrected chi connectivity index (χ3v) is 3.59. The summed E-state index contributed by atoms with van der Waals surface area (Å²) in [6.07, 6.45) is -1.74. The first kappa shape index (κ1) is 15.7. The molecule has 106 valence electrons. The van der Waals surface area contributed by atoms with Gasteiger partial charge < -0.3 is 14.7 Å². The van der Waals surface area contributed by atoms with Crippen molar-refractivity contribution in [3.63, 3.8) is 0 Å². The summed E-state index contributed by atoms with van der Waals surface area (Å²) in [6.45, 7) is 5.98. The molecule has 1 rings (SSSR count). The first-order chi connectivity index (χ1) is 8.95. The molecule has 0 aliphatic carbocycles. The summed E-state index contributed by atoms with van der Waals surface area (Å²) < 4.78 is 5.19. The number of hydrogen-bond acceptors (Lipinski definition) is 4. The minimum atomic E-state index is -1.07. The fourth-order valence-electron chi connectivity index (χ4n) is 1.62. The van der Waals surface area contributed by atoms with E-state index in [1.54, 1.807) is 23.2 Å². The van der Waals surface area contributed by atoms with Crippen LogP contribution in [0.1, 0.15) is 25.6 Å². The molecule has 0 radical (unpaired) electrons. The summed E-state index contributed by atoms with van der Waals surface area (Å²) >= 11 is 1.59. The van der Waals surface area contributed by atoms with E-state index in [9.17, 15) is 9.59 Å². The fraction of sp³-hybridized carbons (Fsp3) is 0.538. The molecule has 6 heteroatoms. The molecule has 1 amide bonds. The fourth-order valence-corrected chi connectivity index (χ4v) is 2.34. The number of hydrogen-bond donors (Lipinski definition) is 1. The van der Waals surface area contributed by atoms with Crippen LogP contribution in [-0.4, -0.2) is 40.6 Å². The monoisotopic (exact) mass is 285 g/mol. The molecule has 2 unspecified atom stereocenters. The van der Waals surface area contributed by atoms with Crippen molar-refractivity contribution in [3.05, 3.63) is 22.4 Å². The molecule has 0 spiro atoms. The van der Waals surface area contributed by atoms with Gasteiger partial charge in [0.25, 0.3) is 5.91 Å². The Kier molecular flexibility index (Phi) is 5.98. The zero-order chi connectivity index (χ0) is 14.4. The molecule has 0 aromatic carbocycles. The molecular formula is C13H19NO4S. The predicted octanol–water partition coefficient (Wildman–Crippen LogP) is 1.97. The second-order valence-corrected chi connectivity index (χ2v) is 5.22. The van der Waals surface area contributed by atoms with Gasteiger partial charge in [-0.05, 0) is 32.2 Å². The Hall–Kier alpha value is -1.40. The van der Waals surface area contributed by atoms with Crippen molar-refractivity contribution in [1.82, 2.24) is 4.90 Å². The lowest BCUT2D eigenvalue weighted by Gasteiger charge is -2.25. The van der Waals surface area contributed by atoms with E-state index in [0.29, 0.717) is 13.1 Å². The lowest BCUT2D eigenvalue weighted by molar-refractivity contribution is -0.159. The van der Waals surface area contributed by atoms with Crippen LogP contribution in [-0.2, 0) is 20.9 Å². The summed E-state index contributed by atoms with van der Waals surface area (Å²) in [5.41, 5.74) is 0. The molecule has 1 aromatic rings. The SMILES string of the molecule is CCN(Cc1cccs1)C(=O)C(C)OC(C)C(=O)O. The van der Waals surface area contributed by atoms with Gasteiger partial charge in [-0.25, -0.2) is 4.79 Å². The van der Waals surface area contributed by atoms with Crippen molar-refractivity contribution in [1.29, 1.82) is 0 Å². The van der Waals surface area contributed by atoms with Gasteiger partial charge in [-0.3, -0.25) is 4.79 Å². The van der Waals surface area contributed by atoms with E-state index in [0.717, 1.165) is 4.88 Å². The van der Waals surface area contributed by atoms with Crippen LogP contribution in [0, 0.1) is 0 Å². The molecule has 0 saturated carbocycles. The number of carboxylic acids is 1. The Morgan fingerprint density at radius 2 is 2.11 bits per heavy atom. The number of aliphatic carboxylic acids is 1. The summed E-state index contributed by atoms with van der Waals surface area (Å²) in [4.78, 5) is 25.6. The van der Waals surface area contributed by atoms with Crippen LogP contribution in [0.4, 0.5) is 0 Å². The lowest BCUT2D eigenvalue weighted by Crippen LogP contribution is -2.40. The standard InChI is InChI=1S/C13H19NO4S/c1-4-14(8-11-6-5-7-19-11)12(15)9(2)18-10(3)13(16)17/h5-7,9-10H,4,8H2,1-3H3,(H,16,17). The van der Waals surface area contributed by atoms with E-state index >= 15 is 0 Å². The minimum absolute atomic E-state index is 0.191. The number of rotatable bonds is 7. The van der Waals surface area contributed by atoms with Gasteiger partial charge >= 0.3 is 5.97 Å². The number of carboxylic acid groups (broad SMARTS) is 1. The van der Waals surface area contributed by atoms with Crippen LogP contribution < -0.4 is 0 Å². The van der Waals surface area contributed by atoms with Crippen LogP contribution >= 0.6 is 11.3 Å². The van der Waals surface area contributed by atoms with E-state index in [1.165, 1.54) is 6.92 Å². The molecule has 0 saturated heterocycles. The number of amides is 1. The summed E-state index contributed by atoms with van der Waals surface area (Å²) in [5.74, 6) is -1.26. The number of nitrogens with zero attached hydrogens (tertiary/aromatic N) is 1. The number of carbonyl (C=O) groups excluding carboxylic acids is 1. The van der Waals surface area contributed by atoms with Crippen molar-refractivity contribution in [3.8, 4) is 0 Å². The van der Waals surface area contributed by atoms with Crippen LogP contribution in [0.3, 0.4) is 0 Å². The van der Waals surface area contributed by atoms with Gasteiger partial charge in [-0.15, -0.1) is 11.3 Å². The predicted molar refractivity (Wildman–Crippen MR) is 73.1 cm³/mol. The molecule has 2 atom stereocenters. The maximum Gasteiger partial charge on any atom is 0.332 e. The smallest absolute Gasteiger partial charge is 0.332 e. The van der Waals surface area contributed by atoms with Crippen molar-refractivity contribution in [2.24, 2.45) is 0 Å². The van der Waals surface area contributed by atoms with Crippen molar-refractivity contribution >= 4 is 23.2 Å². The Morgan fingerprint density at radius 3 is 2.58 bits per heavy atom. The molecule has 19 heavy (non-hydrogen) atoms. The van der Waals surface area contributed by atoms with Gasteiger partial charge in [0.15, 0.2) is 6.10 Å². The van der Waals surface area contributed by atoms with Crippen LogP contribution in [0.5, 0.6) is 0 Å². The van der Waals surface area contributed by atoms with Crippen molar-refractivity contribution in [2.45, 2.75) is 39.5 Å². The van der Waals surface area contributed by atoms with Gasteiger partial charge in [0.1, 0.15) is 6.10 Å². The van der Waals surface area contributed by atoms with E-state index in [-0.39, 0.29) is 5.91 Å². The second kappa shape index (κ2) is 7.25. The number of thiophene rings is 1. The van der Waals surface area contributed by atoms with E-state index < -0.39 is 18.2 Å². The summed E-state index contributed by atoms with van der Waals surface area (Å²) in [5, 5.41) is 10.7. The normalized spacial score (nSPS) is 13.8. The maximum absolute atomic E-state index is 12.2. The van der Waals surface area contributed by atoms with Gasteiger partial charge in [-0.2, -0.15) is 0 Å². The highest BCUT2D eigenvalue weighted by molar-refractivity contribution is 7.09. The number of likely N-dealkylation sites (N-methyl/N-ethyl adjacent to an activating group) is 1. The third-order valence-electron chi connectivity index (χ3n) is 2.72. The second-order valence-electron chi connectivity index (χ2n) is 4.19. The first-order valence-electron chi connectivity index (χ1n) is 6.15. The maximum atomic E-state index is 12.2. The molecule has 0 aliphatic heterocycles. The highest BCUT2D eigenvalue weighted by Crippen LogP contribution is 2.13. The average Bonchev–Trinajstić information content (AvgIpc) is 2.87. The molecule has 0 bridgehead atoms. The Labute approximate surface area is 116 Å². The van der Waals surface area contributed by atoms with E-state index in [1.807, 2.05) is 24.4 Å². The Morgan fingerprint density at radius 1 is 1.42 bits per heavy atom. The first-order valence-corrected chi connectivity index (χ1v) is 7.03. The third kappa shape index (κ3) is 4.65. The molecule has 1 heterocycles. The topological polar surface area (TPSA) is 66.8 Å². The van der Waals surface area contributed by atoms with Crippen molar-refractivity contribution in [2.75, 3.05) is 6.54 Å². The summed E-state index contributed by atoms with van der Waals surface area (Å²) in [6, 6.07) is 3.90. The van der Waals surface area contributed by atoms with Gasteiger partial charge in [0.2, 0.25) is 0 Å². The van der Waals surface area contributed by atoms with Gasteiger partial charge in [0, 0.05) is 11.4 Å².